The van der Waals surface area contributed by atoms with Crippen LogP contribution in [0.3, 0.4) is 0 Å². The topological polar surface area (TPSA) is 55.4 Å². The fourth-order valence-electron chi connectivity index (χ4n) is 1.22. The molecule has 0 heterocycles. The Morgan fingerprint density at radius 2 is 2.07 bits per heavy atom. The number of allylic oxidation sites excluding steroid dienone is 1. The van der Waals surface area contributed by atoms with Crippen LogP contribution in [0.15, 0.2) is 47.1 Å². The highest BCUT2D eigenvalue weighted by molar-refractivity contribution is 5.75. The normalized spacial score (nSPS) is 11.1. The van der Waals surface area contributed by atoms with Gasteiger partial charge in [0.15, 0.2) is 0 Å². The number of carbonyl (C=O) groups excluding carboxylic acids is 1. The first-order valence-electron chi connectivity index (χ1n) is 4.70. The number of aliphatic imine (C=N–C) groups is 1. The molecule has 0 saturated heterocycles. The monoisotopic (exact) mass is 202 g/mol. The van der Waals surface area contributed by atoms with Crippen LogP contribution in [0.25, 0.3) is 0 Å². The molecule has 0 aliphatic heterocycles. The molecule has 78 valence electrons. The van der Waals surface area contributed by atoms with Crippen LogP contribution < -0.4 is 5.73 Å². The second-order valence-corrected chi connectivity index (χ2v) is 3.19. The second kappa shape index (κ2) is 5.75. The summed E-state index contributed by atoms with van der Waals surface area (Å²) in [6, 6.07) is 9.89. The average Bonchev–Trinajstić information content (AvgIpc) is 2.25. The lowest BCUT2D eigenvalue weighted by molar-refractivity contribution is -0.117. The Bertz CT molecular complexity index is 368. The molecule has 3 nitrogen and oxygen atoms in total. The molecule has 0 aliphatic rings. The van der Waals surface area contributed by atoms with Crippen LogP contribution in [0.5, 0.6) is 0 Å². The summed E-state index contributed by atoms with van der Waals surface area (Å²) < 4.78 is 0. The minimum Gasteiger partial charge on any atom is -0.369 e. The van der Waals surface area contributed by atoms with Crippen molar-refractivity contribution in [2.75, 3.05) is 0 Å². The van der Waals surface area contributed by atoms with Crippen molar-refractivity contribution >= 4 is 12.6 Å². The van der Waals surface area contributed by atoms with Gasteiger partial charge in [-0.3, -0.25) is 9.79 Å². The lowest BCUT2D eigenvalue weighted by Crippen LogP contribution is -2.08. The maximum Gasteiger partial charge on any atom is 0.221 e. The molecular formula is C12H14N2O. The molecule has 3 heteroatoms. The van der Waals surface area contributed by atoms with Crippen molar-refractivity contribution in [1.82, 2.24) is 0 Å². The largest absolute Gasteiger partial charge is 0.369 e. The van der Waals surface area contributed by atoms with Gasteiger partial charge in [-0.25, -0.2) is 0 Å². The predicted molar refractivity (Wildman–Crippen MR) is 61.6 cm³/mol. The maximum absolute atomic E-state index is 10.6. The third-order valence-electron chi connectivity index (χ3n) is 1.97. The minimum absolute atomic E-state index is 0.210. The predicted octanol–water partition coefficient (Wildman–Crippen LogP) is 1.69. The van der Waals surface area contributed by atoms with Gasteiger partial charge in [-0.1, -0.05) is 36.4 Å². The smallest absolute Gasteiger partial charge is 0.221 e. The van der Waals surface area contributed by atoms with Crippen molar-refractivity contribution in [2.45, 2.75) is 12.8 Å². The van der Waals surface area contributed by atoms with Gasteiger partial charge in [0.2, 0.25) is 5.91 Å². The van der Waals surface area contributed by atoms with Crippen molar-refractivity contribution in [3.05, 3.63) is 47.7 Å². The molecule has 15 heavy (non-hydrogen) atoms. The zero-order valence-corrected chi connectivity index (χ0v) is 8.52. The van der Waals surface area contributed by atoms with Gasteiger partial charge < -0.3 is 5.73 Å². The highest BCUT2D eigenvalue weighted by Gasteiger charge is 1.97. The number of nitrogens with zero attached hydrogens (tertiary/aromatic N) is 1. The Kier molecular flexibility index (Phi) is 4.29. The van der Waals surface area contributed by atoms with Gasteiger partial charge in [0, 0.05) is 18.5 Å². The SMILES string of the molecule is C=N/C(=C/CC(N)=O)Cc1ccccc1. The van der Waals surface area contributed by atoms with Crippen molar-refractivity contribution in [2.24, 2.45) is 10.7 Å². The molecular weight excluding hydrogens is 188 g/mol. The first-order valence-corrected chi connectivity index (χ1v) is 4.70. The van der Waals surface area contributed by atoms with Crippen molar-refractivity contribution in [3.8, 4) is 0 Å². The van der Waals surface area contributed by atoms with Crippen LogP contribution in [-0.2, 0) is 11.2 Å². The molecule has 0 atom stereocenters. The summed E-state index contributed by atoms with van der Waals surface area (Å²) >= 11 is 0. The molecule has 1 aromatic rings. The van der Waals surface area contributed by atoms with Gasteiger partial charge in [-0.15, -0.1) is 0 Å². The van der Waals surface area contributed by atoms with E-state index in [1.54, 1.807) is 6.08 Å². The number of rotatable bonds is 5. The van der Waals surface area contributed by atoms with Gasteiger partial charge in [0.1, 0.15) is 0 Å². The summed E-state index contributed by atoms with van der Waals surface area (Å²) in [4.78, 5) is 14.4. The van der Waals surface area contributed by atoms with E-state index >= 15 is 0 Å². The summed E-state index contributed by atoms with van der Waals surface area (Å²) in [6.07, 6.45) is 2.60. The number of primary amides is 1. The number of nitrogens with two attached hydrogens (primary N) is 1. The third kappa shape index (κ3) is 4.22. The molecule has 0 fully saturated rings. The molecule has 1 aromatic carbocycles. The van der Waals surface area contributed by atoms with E-state index in [4.69, 9.17) is 5.73 Å². The fraction of sp³-hybridized carbons (Fsp3) is 0.167. The van der Waals surface area contributed by atoms with Crippen LogP contribution in [0.2, 0.25) is 0 Å². The molecule has 0 unspecified atom stereocenters. The molecule has 0 bridgehead atoms. The van der Waals surface area contributed by atoms with Crippen molar-refractivity contribution < 1.29 is 4.79 Å². The molecule has 0 aliphatic carbocycles. The Balaban J connectivity index is 2.65. The first kappa shape index (κ1) is 11.2. The molecule has 1 amide bonds. The Morgan fingerprint density at radius 3 is 2.60 bits per heavy atom. The van der Waals surface area contributed by atoms with Crippen LogP contribution in [0.1, 0.15) is 12.0 Å². The molecule has 0 saturated carbocycles. The summed E-state index contributed by atoms with van der Waals surface area (Å²) in [6.45, 7) is 3.46. The lowest BCUT2D eigenvalue weighted by Gasteiger charge is -2.01. The van der Waals surface area contributed by atoms with E-state index < -0.39 is 0 Å². The minimum atomic E-state index is -0.357. The van der Waals surface area contributed by atoms with Crippen LogP contribution in [-0.4, -0.2) is 12.6 Å². The van der Waals surface area contributed by atoms with E-state index in [0.29, 0.717) is 6.42 Å². The van der Waals surface area contributed by atoms with E-state index in [9.17, 15) is 4.79 Å². The second-order valence-electron chi connectivity index (χ2n) is 3.19. The van der Waals surface area contributed by atoms with Crippen LogP contribution >= 0.6 is 0 Å². The molecule has 0 spiro atoms. The quantitative estimate of drug-likeness (QED) is 0.726. The number of amides is 1. The Hall–Kier alpha value is -1.90. The van der Waals surface area contributed by atoms with E-state index in [0.717, 1.165) is 11.3 Å². The highest BCUT2D eigenvalue weighted by atomic mass is 16.1. The maximum atomic E-state index is 10.6. The standard InChI is InChI=1S/C12H14N2O/c1-14-11(7-8-12(13)15)9-10-5-3-2-4-6-10/h2-7H,1,8-9H2,(H2,13,15)/b11-7+. The third-order valence-corrected chi connectivity index (χ3v) is 1.97. The Labute approximate surface area is 89.3 Å². The summed E-state index contributed by atoms with van der Waals surface area (Å²) in [7, 11) is 0. The van der Waals surface area contributed by atoms with E-state index in [-0.39, 0.29) is 12.3 Å². The fourth-order valence-corrected chi connectivity index (χ4v) is 1.22. The first-order chi connectivity index (χ1) is 7.22. The number of hydrogen-bond donors (Lipinski definition) is 1. The molecule has 0 radical (unpaired) electrons. The molecule has 1 rings (SSSR count). The van der Waals surface area contributed by atoms with Gasteiger partial charge in [0.05, 0.1) is 0 Å². The van der Waals surface area contributed by atoms with Gasteiger partial charge >= 0.3 is 0 Å². The number of carbonyl (C=O) groups is 1. The van der Waals surface area contributed by atoms with Gasteiger partial charge in [-0.2, -0.15) is 0 Å². The van der Waals surface area contributed by atoms with Crippen molar-refractivity contribution in [1.29, 1.82) is 0 Å². The van der Waals surface area contributed by atoms with Crippen LogP contribution in [0, 0.1) is 0 Å². The number of benzene rings is 1. The summed E-state index contributed by atoms with van der Waals surface area (Å²) in [5.74, 6) is -0.357. The number of hydrogen-bond acceptors (Lipinski definition) is 2. The summed E-state index contributed by atoms with van der Waals surface area (Å²) in [5.41, 5.74) is 6.96. The van der Waals surface area contributed by atoms with E-state index in [1.165, 1.54) is 0 Å². The van der Waals surface area contributed by atoms with Gasteiger partial charge in [0.25, 0.3) is 0 Å². The zero-order valence-electron chi connectivity index (χ0n) is 8.52. The van der Waals surface area contributed by atoms with Crippen LogP contribution in [0.4, 0.5) is 0 Å². The highest BCUT2D eigenvalue weighted by Crippen LogP contribution is 2.09. The average molecular weight is 202 g/mol. The van der Waals surface area contributed by atoms with E-state index in [2.05, 4.69) is 11.7 Å². The summed E-state index contributed by atoms with van der Waals surface area (Å²) in [5, 5.41) is 0. The van der Waals surface area contributed by atoms with Crippen molar-refractivity contribution in [3.63, 3.8) is 0 Å². The van der Waals surface area contributed by atoms with Gasteiger partial charge in [-0.05, 0) is 12.3 Å². The Morgan fingerprint density at radius 1 is 1.40 bits per heavy atom. The lowest BCUT2D eigenvalue weighted by atomic mass is 10.1. The zero-order chi connectivity index (χ0) is 11.1. The molecule has 2 N–H and O–H groups in total. The molecule has 0 aromatic heterocycles. The van der Waals surface area contributed by atoms with E-state index in [1.807, 2.05) is 30.3 Å².